The number of carbonyl (C=O) groups is 1. The molecule has 0 aliphatic carbocycles. The molecule has 1 fully saturated rings. The van der Waals surface area contributed by atoms with Gasteiger partial charge in [-0.3, -0.25) is 4.79 Å². The van der Waals surface area contributed by atoms with Crippen LogP contribution >= 0.6 is 23.2 Å². The fourth-order valence-corrected chi connectivity index (χ4v) is 3.61. The van der Waals surface area contributed by atoms with Crippen molar-refractivity contribution in [3.05, 3.63) is 46.3 Å². The third kappa shape index (κ3) is 3.07. The predicted molar refractivity (Wildman–Crippen MR) is 96.0 cm³/mol. The van der Waals surface area contributed by atoms with E-state index in [1.807, 2.05) is 11.0 Å². The van der Waals surface area contributed by atoms with Gasteiger partial charge < -0.3 is 4.90 Å². The van der Waals surface area contributed by atoms with Crippen LogP contribution in [0, 0.1) is 0 Å². The molecule has 2 aromatic heterocycles. The van der Waals surface area contributed by atoms with Gasteiger partial charge in [-0.25, -0.2) is 0 Å². The maximum absolute atomic E-state index is 12.8. The molecule has 4 rings (SSSR count). The minimum atomic E-state index is -0.0818. The van der Waals surface area contributed by atoms with Crippen LogP contribution in [0.1, 0.15) is 29.8 Å². The summed E-state index contributed by atoms with van der Waals surface area (Å²) >= 11 is 12.3. The smallest absolute Gasteiger partial charge is 0.274 e. The summed E-state index contributed by atoms with van der Waals surface area (Å²) in [7, 11) is 0. The molecule has 0 radical (unpaired) electrons. The van der Waals surface area contributed by atoms with Crippen LogP contribution in [-0.2, 0) is 0 Å². The molecule has 8 heteroatoms. The maximum Gasteiger partial charge on any atom is 0.274 e. The van der Waals surface area contributed by atoms with E-state index in [0.717, 1.165) is 37.9 Å². The minimum absolute atomic E-state index is 0.0818. The molecule has 0 N–H and O–H groups in total. The minimum Gasteiger partial charge on any atom is -0.337 e. The second-order valence-corrected chi connectivity index (χ2v) is 6.86. The molecular weight excluding hydrogens is 361 g/mol. The molecule has 1 aliphatic heterocycles. The van der Waals surface area contributed by atoms with E-state index in [4.69, 9.17) is 23.2 Å². The lowest BCUT2D eigenvalue weighted by Crippen LogP contribution is -2.36. The molecule has 25 heavy (non-hydrogen) atoms. The first-order chi connectivity index (χ1) is 12.1. The van der Waals surface area contributed by atoms with Gasteiger partial charge in [0, 0.05) is 29.2 Å². The van der Waals surface area contributed by atoms with E-state index in [1.54, 1.807) is 18.2 Å². The van der Waals surface area contributed by atoms with Gasteiger partial charge in [-0.1, -0.05) is 29.3 Å². The number of benzene rings is 1. The molecular formula is C17H15Cl2N5O. The highest BCUT2D eigenvalue weighted by Crippen LogP contribution is 2.32. The molecule has 1 aromatic carbocycles. The van der Waals surface area contributed by atoms with Gasteiger partial charge in [0.15, 0.2) is 5.65 Å². The van der Waals surface area contributed by atoms with Crippen LogP contribution in [0.15, 0.2) is 30.6 Å². The summed E-state index contributed by atoms with van der Waals surface area (Å²) in [5, 5.41) is 13.4. The van der Waals surface area contributed by atoms with E-state index in [-0.39, 0.29) is 5.91 Å². The van der Waals surface area contributed by atoms with Gasteiger partial charge in [0.25, 0.3) is 5.91 Å². The number of amides is 1. The molecule has 0 saturated carbocycles. The Hall–Kier alpha value is -2.18. The van der Waals surface area contributed by atoms with Crippen molar-refractivity contribution < 1.29 is 4.79 Å². The normalized spacial score (nSPS) is 14.9. The van der Waals surface area contributed by atoms with Crippen molar-refractivity contribution in [2.45, 2.75) is 19.3 Å². The Morgan fingerprint density at radius 3 is 2.60 bits per heavy atom. The van der Waals surface area contributed by atoms with Crippen molar-refractivity contribution in [3.63, 3.8) is 0 Å². The van der Waals surface area contributed by atoms with Crippen LogP contribution < -0.4 is 0 Å². The van der Waals surface area contributed by atoms with Gasteiger partial charge >= 0.3 is 0 Å². The predicted octanol–water partition coefficient (Wildman–Crippen LogP) is 3.72. The number of piperidine rings is 1. The summed E-state index contributed by atoms with van der Waals surface area (Å²) in [5.41, 5.74) is 2.34. The number of likely N-dealkylation sites (tertiary alicyclic amines) is 1. The molecule has 1 saturated heterocycles. The van der Waals surface area contributed by atoms with Crippen LogP contribution in [0.3, 0.4) is 0 Å². The summed E-state index contributed by atoms with van der Waals surface area (Å²) in [6.45, 7) is 1.52. The fourth-order valence-electron chi connectivity index (χ4n) is 3.10. The lowest BCUT2D eigenvalue weighted by molar-refractivity contribution is 0.0717. The Bertz CT molecular complexity index is 949. The summed E-state index contributed by atoms with van der Waals surface area (Å²) in [4.78, 5) is 14.7. The number of hydrogen-bond donors (Lipinski definition) is 0. The molecule has 1 amide bonds. The summed E-state index contributed by atoms with van der Waals surface area (Å²) in [5.74, 6) is -0.0818. The third-order valence-corrected chi connectivity index (χ3v) is 4.90. The van der Waals surface area contributed by atoms with Gasteiger partial charge in [-0.05, 0) is 37.5 Å². The Morgan fingerprint density at radius 1 is 1.04 bits per heavy atom. The molecule has 3 heterocycles. The first kappa shape index (κ1) is 16.3. The molecule has 0 unspecified atom stereocenters. The van der Waals surface area contributed by atoms with Crippen molar-refractivity contribution in [2.75, 3.05) is 13.1 Å². The van der Waals surface area contributed by atoms with Crippen LogP contribution in [0.5, 0.6) is 0 Å². The molecule has 0 spiro atoms. The molecule has 6 nitrogen and oxygen atoms in total. The van der Waals surface area contributed by atoms with Crippen LogP contribution in [-0.4, -0.2) is 43.7 Å². The Kier molecular flexibility index (Phi) is 4.31. The average Bonchev–Trinajstić information content (AvgIpc) is 3.10. The van der Waals surface area contributed by atoms with Gasteiger partial charge in [-0.15, -0.1) is 10.2 Å². The summed E-state index contributed by atoms with van der Waals surface area (Å²) in [6.07, 6.45) is 4.69. The highest BCUT2D eigenvalue weighted by Gasteiger charge is 2.22. The first-order valence-electron chi connectivity index (χ1n) is 8.09. The van der Waals surface area contributed by atoms with Crippen LogP contribution in [0.4, 0.5) is 0 Å². The lowest BCUT2D eigenvalue weighted by Gasteiger charge is -2.26. The zero-order valence-corrected chi connectivity index (χ0v) is 14.8. The number of hydrogen-bond acceptors (Lipinski definition) is 4. The largest absolute Gasteiger partial charge is 0.337 e. The van der Waals surface area contributed by atoms with Crippen molar-refractivity contribution >= 4 is 34.8 Å². The van der Waals surface area contributed by atoms with E-state index >= 15 is 0 Å². The van der Waals surface area contributed by atoms with E-state index in [9.17, 15) is 4.79 Å². The van der Waals surface area contributed by atoms with Crippen molar-refractivity contribution in [3.8, 4) is 11.1 Å². The maximum atomic E-state index is 12.8. The zero-order chi connectivity index (χ0) is 17.4. The monoisotopic (exact) mass is 375 g/mol. The van der Waals surface area contributed by atoms with Crippen molar-refractivity contribution in [1.82, 2.24) is 24.7 Å². The average molecular weight is 376 g/mol. The highest BCUT2D eigenvalue weighted by atomic mass is 35.5. The zero-order valence-electron chi connectivity index (χ0n) is 13.3. The van der Waals surface area contributed by atoms with E-state index in [1.165, 1.54) is 10.8 Å². The SMILES string of the molecule is O=C(c1cc(-c2ccc(Cl)cc2Cl)c2nncn2n1)N1CCCCC1. The van der Waals surface area contributed by atoms with Crippen LogP contribution in [0.2, 0.25) is 10.0 Å². The second kappa shape index (κ2) is 6.61. The Morgan fingerprint density at radius 2 is 1.84 bits per heavy atom. The molecule has 0 bridgehead atoms. The van der Waals surface area contributed by atoms with Gasteiger partial charge in [0.2, 0.25) is 0 Å². The summed E-state index contributed by atoms with van der Waals surface area (Å²) < 4.78 is 1.51. The summed E-state index contributed by atoms with van der Waals surface area (Å²) in [6, 6.07) is 6.96. The molecule has 3 aromatic rings. The van der Waals surface area contributed by atoms with Gasteiger partial charge in [0.05, 0.1) is 5.02 Å². The van der Waals surface area contributed by atoms with Crippen LogP contribution in [0.25, 0.3) is 16.8 Å². The number of carbonyl (C=O) groups excluding carboxylic acids is 1. The van der Waals surface area contributed by atoms with Crippen molar-refractivity contribution in [1.29, 1.82) is 0 Å². The number of aromatic nitrogens is 4. The Labute approximate surface area is 154 Å². The third-order valence-electron chi connectivity index (χ3n) is 4.35. The molecule has 1 aliphatic rings. The van der Waals surface area contributed by atoms with Gasteiger partial charge in [-0.2, -0.15) is 9.61 Å². The number of nitrogens with zero attached hydrogens (tertiary/aromatic N) is 5. The quantitative estimate of drug-likeness (QED) is 0.684. The van der Waals surface area contributed by atoms with Crippen molar-refractivity contribution in [2.24, 2.45) is 0 Å². The Balaban J connectivity index is 1.83. The van der Waals surface area contributed by atoms with E-state index in [0.29, 0.717) is 26.9 Å². The standard InChI is InChI=1S/C17H15Cl2N5O/c18-11-4-5-12(14(19)8-11)13-9-15(22-24-10-20-21-16(13)24)17(25)23-6-2-1-3-7-23/h4-5,8-10H,1-3,6-7H2. The number of fused-ring (bicyclic) bond motifs is 1. The highest BCUT2D eigenvalue weighted by molar-refractivity contribution is 6.36. The van der Waals surface area contributed by atoms with E-state index < -0.39 is 0 Å². The topological polar surface area (TPSA) is 63.4 Å². The van der Waals surface area contributed by atoms with E-state index in [2.05, 4.69) is 15.3 Å². The number of rotatable bonds is 2. The first-order valence-corrected chi connectivity index (χ1v) is 8.85. The lowest BCUT2D eigenvalue weighted by atomic mass is 10.1. The molecule has 128 valence electrons. The molecule has 0 atom stereocenters. The number of halogens is 2. The fraction of sp³-hybridized carbons (Fsp3) is 0.294. The van der Waals surface area contributed by atoms with Gasteiger partial charge in [0.1, 0.15) is 12.0 Å². The second-order valence-electron chi connectivity index (χ2n) is 6.02.